The monoisotopic (exact) mass is 305 g/mol. The van der Waals surface area contributed by atoms with Crippen molar-refractivity contribution in [2.24, 2.45) is 0 Å². The van der Waals surface area contributed by atoms with Gasteiger partial charge in [0.2, 0.25) is 11.8 Å². The molecule has 1 fully saturated rings. The first-order valence-electron chi connectivity index (χ1n) is 7.38. The van der Waals surface area contributed by atoms with Crippen molar-refractivity contribution in [3.05, 3.63) is 34.9 Å². The third-order valence-corrected chi connectivity index (χ3v) is 3.72. The van der Waals surface area contributed by atoms with Crippen LogP contribution in [-0.2, 0) is 11.2 Å². The second-order valence-electron chi connectivity index (χ2n) is 5.34. The zero-order valence-electron chi connectivity index (χ0n) is 13.0. The highest BCUT2D eigenvalue weighted by atomic mass is 16.5. The molecule has 2 aromatic heterocycles. The van der Waals surface area contributed by atoms with Crippen molar-refractivity contribution in [3.8, 4) is 0 Å². The molecule has 0 saturated carbocycles. The largest absolute Gasteiger partial charge is 0.456 e. The van der Waals surface area contributed by atoms with Gasteiger partial charge in [0, 0.05) is 19.9 Å². The van der Waals surface area contributed by atoms with Crippen LogP contribution < -0.4 is 0 Å². The smallest absolute Gasteiger partial charge is 0.289 e. The zero-order valence-corrected chi connectivity index (χ0v) is 13.0. The fourth-order valence-corrected chi connectivity index (χ4v) is 2.56. The molecule has 22 heavy (non-hydrogen) atoms. The molecule has 0 radical (unpaired) electrons. The Kier molecular flexibility index (Phi) is 3.98. The number of amides is 1. The number of aromatic nitrogens is 2. The molecule has 7 heteroatoms. The maximum Gasteiger partial charge on any atom is 0.289 e. The molecule has 1 saturated heterocycles. The maximum absolute atomic E-state index is 12.6. The van der Waals surface area contributed by atoms with Crippen molar-refractivity contribution in [2.75, 3.05) is 19.7 Å². The summed E-state index contributed by atoms with van der Waals surface area (Å²) in [6.45, 7) is 6.99. The average molecular weight is 305 g/mol. The van der Waals surface area contributed by atoms with E-state index in [4.69, 9.17) is 13.6 Å². The number of aryl methyl sites for hydroxylation is 3. The van der Waals surface area contributed by atoms with Gasteiger partial charge in [-0.2, -0.15) is 0 Å². The number of furan rings is 1. The van der Waals surface area contributed by atoms with Crippen molar-refractivity contribution in [3.63, 3.8) is 0 Å². The van der Waals surface area contributed by atoms with Crippen LogP contribution in [0, 0.1) is 13.8 Å². The minimum Gasteiger partial charge on any atom is -0.456 e. The Labute approximate surface area is 128 Å². The van der Waals surface area contributed by atoms with Crippen LogP contribution in [0.4, 0.5) is 0 Å². The molecule has 118 valence electrons. The van der Waals surface area contributed by atoms with Crippen molar-refractivity contribution in [1.29, 1.82) is 0 Å². The molecular weight excluding hydrogens is 286 g/mol. The number of rotatable bonds is 3. The standard InChI is InChI=1S/C15H19N3O4/c1-4-11-9(2)7-12(22-11)15(19)18-5-6-20-13(8-18)14-17-16-10(3)21-14/h7,13H,4-6,8H2,1-3H3/t13-/m0/s1. The molecule has 0 spiro atoms. The molecule has 0 unspecified atom stereocenters. The van der Waals surface area contributed by atoms with E-state index >= 15 is 0 Å². The summed E-state index contributed by atoms with van der Waals surface area (Å²) in [4.78, 5) is 14.3. The van der Waals surface area contributed by atoms with Crippen LogP contribution in [0.3, 0.4) is 0 Å². The maximum atomic E-state index is 12.6. The predicted molar refractivity (Wildman–Crippen MR) is 76.5 cm³/mol. The molecule has 0 bridgehead atoms. The molecule has 1 aliphatic heterocycles. The molecule has 1 atom stereocenters. The second kappa shape index (κ2) is 5.92. The van der Waals surface area contributed by atoms with Crippen LogP contribution in [-0.4, -0.2) is 40.7 Å². The molecule has 0 N–H and O–H groups in total. The summed E-state index contributed by atoms with van der Waals surface area (Å²) in [7, 11) is 0. The van der Waals surface area contributed by atoms with Gasteiger partial charge in [0.1, 0.15) is 5.76 Å². The van der Waals surface area contributed by atoms with Crippen molar-refractivity contribution in [2.45, 2.75) is 33.3 Å². The number of carbonyl (C=O) groups excluding carboxylic acids is 1. The Balaban J connectivity index is 1.74. The quantitative estimate of drug-likeness (QED) is 0.863. The Morgan fingerprint density at radius 2 is 2.18 bits per heavy atom. The van der Waals surface area contributed by atoms with E-state index in [0.29, 0.717) is 37.2 Å². The van der Waals surface area contributed by atoms with Gasteiger partial charge in [-0.15, -0.1) is 10.2 Å². The van der Waals surface area contributed by atoms with E-state index in [9.17, 15) is 4.79 Å². The third-order valence-electron chi connectivity index (χ3n) is 3.72. The molecule has 0 aliphatic carbocycles. The highest BCUT2D eigenvalue weighted by Crippen LogP contribution is 2.23. The van der Waals surface area contributed by atoms with Crippen molar-refractivity contribution >= 4 is 5.91 Å². The van der Waals surface area contributed by atoms with E-state index in [0.717, 1.165) is 17.7 Å². The Morgan fingerprint density at radius 3 is 2.82 bits per heavy atom. The normalized spacial score (nSPS) is 18.7. The van der Waals surface area contributed by atoms with Gasteiger partial charge in [0.15, 0.2) is 11.9 Å². The summed E-state index contributed by atoms with van der Waals surface area (Å²) in [6, 6.07) is 1.79. The van der Waals surface area contributed by atoms with Crippen molar-refractivity contribution < 1.29 is 18.4 Å². The van der Waals surface area contributed by atoms with E-state index in [2.05, 4.69) is 10.2 Å². The van der Waals surface area contributed by atoms with Crippen LogP contribution in [0.25, 0.3) is 0 Å². The van der Waals surface area contributed by atoms with Gasteiger partial charge < -0.3 is 18.5 Å². The molecule has 3 rings (SSSR count). The van der Waals surface area contributed by atoms with Gasteiger partial charge in [-0.1, -0.05) is 6.92 Å². The fourth-order valence-electron chi connectivity index (χ4n) is 2.56. The SMILES string of the molecule is CCc1oc(C(=O)N2CCO[C@H](c3nnc(C)o3)C2)cc1C. The molecular formula is C15H19N3O4. The Morgan fingerprint density at radius 1 is 1.36 bits per heavy atom. The summed E-state index contributed by atoms with van der Waals surface area (Å²) >= 11 is 0. The van der Waals surface area contributed by atoms with Crippen LogP contribution in [0.15, 0.2) is 14.9 Å². The zero-order chi connectivity index (χ0) is 15.7. The summed E-state index contributed by atoms with van der Waals surface area (Å²) in [6.07, 6.45) is 0.382. The van der Waals surface area contributed by atoms with E-state index in [1.54, 1.807) is 17.9 Å². The molecule has 7 nitrogen and oxygen atoms in total. The molecule has 0 aromatic carbocycles. The van der Waals surface area contributed by atoms with Crippen LogP contribution in [0.5, 0.6) is 0 Å². The summed E-state index contributed by atoms with van der Waals surface area (Å²) in [5.41, 5.74) is 1.00. The summed E-state index contributed by atoms with van der Waals surface area (Å²) in [5.74, 6) is 1.97. The summed E-state index contributed by atoms with van der Waals surface area (Å²) in [5, 5.41) is 7.76. The lowest BCUT2D eigenvalue weighted by Crippen LogP contribution is -2.42. The number of hydrogen-bond acceptors (Lipinski definition) is 6. The fraction of sp³-hybridized carbons (Fsp3) is 0.533. The highest BCUT2D eigenvalue weighted by molar-refractivity contribution is 5.91. The lowest BCUT2D eigenvalue weighted by molar-refractivity contribution is -0.0357. The molecule has 2 aromatic rings. The van der Waals surface area contributed by atoms with Gasteiger partial charge in [-0.3, -0.25) is 4.79 Å². The first kappa shape index (κ1) is 14.8. The number of morpholine rings is 1. The summed E-state index contributed by atoms with van der Waals surface area (Å²) < 4.78 is 16.7. The van der Waals surface area contributed by atoms with Gasteiger partial charge in [-0.05, 0) is 18.6 Å². The lowest BCUT2D eigenvalue weighted by Gasteiger charge is -2.30. The van der Waals surface area contributed by atoms with Gasteiger partial charge in [-0.25, -0.2) is 0 Å². The van der Waals surface area contributed by atoms with Gasteiger partial charge in [0.25, 0.3) is 5.91 Å². The number of carbonyl (C=O) groups is 1. The minimum absolute atomic E-state index is 0.132. The van der Waals surface area contributed by atoms with Gasteiger partial charge in [0.05, 0.1) is 13.2 Å². The van der Waals surface area contributed by atoms with E-state index in [1.165, 1.54) is 0 Å². The van der Waals surface area contributed by atoms with Crippen LogP contribution in [0.2, 0.25) is 0 Å². The van der Waals surface area contributed by atoms with E-state index in [-0.39, 0.29) is 12.0 Å². The highest BCUT2D eigenvalue weighted by Gasteiger charge is 2.30. The molecule has 1 amide bonds. The van der Waals surface area contributed by atoms with E-state index < -0.39 is 0 Å². The van der Waals surface area contributed by atoms with E-state index in [1.807, 2.05) is 13.8 Å². The minimum atomic E-state index is -0.388. The van der Waals surface area contributed by atoms with Crippen molar-refractivity contribution in [1.82, 2.24) is 15.1 Å². The topological polar surface area (TPSA) is 81.6 Å². The van der Waals surface area contributed by atoms with Gasteiger partial charge >= 0.3 is 0 Å². The number of ether oxygens (including phenoxy) is 1. The number of hydrogen-bond donors (Lipinski definition) is 0. The molecule has 3 heterocycles. The first-order valence-corrected chi connectivity index (χ1v) is 7.38. The lowest BCUT2D eigenvalue weighted by atomic mass is 10.2. The second-order valence-corrected chi connectivity index (χ2v) is 5.34. The third kappa shape index (κ3) is 2.76. The Hall–Kier alpha value is -2.15. The Bertz CT molecular complexity index is 676. The first-order chi connectivity index (χ1) is 10.6. The predicted octanol–water partition coefficient (Wildman–Crippen LogP) is 2.06. The van der Waals surface area contributed by atoms with Crippen LogP contribution in [0.1, 0.15) is 46.7 Å². The number of nitrogens with zero attached hydrogens (tertiary/aromatic N) is 3. The average Bonchev–Trinajstić information content (AvgIpc) is 3.12. The molecule has 1 aliphatic rings. The van der Waals surface area contributed by atoms with Crippen LogP contribution >= 0.6 is 0 Å².